The molecule has 10 heteroatoms. The van der Waals surface area contributed by atoms with Crippen molar-refractivity contribution in [2.24, 2.45) is 0 Å². The molecular formula is C16H24NO9+. The first-order valence-electron chi connectivity index (χ1n) is 8.24. The molecule has 2 aliphatic heterocycles. The van der Waals surface area contributed by atoms with Gasteiger partial charge in [-0.1, -0.05) is 0 Å². The predicted octanol–water partition coefficient (Wildman–Crippen LogP) is -3.16. The number of quaternary nitrogens is 1. The van der Waals surface area contributed by atoms with E-state index in [1.807, 2.05) is 0 Å². The highest BCUT2D eigenvalue weighted by molar-refractivity contribution is 5.34. The number of benzene rings is 1. The molecule has 1 aromatic carbocycles. The lowest BCUT2D eigenvalue weighted by Crippen LogP contribution is -2.60. The Bertz CT molecular complexity index is 586. The molecule has 0 spiro atoms. The van der Waals surface area contributed by atoms with E-state index in [4.69, 9.17) is 18.9 Å². The van der Waals surface area contributed by atoms with Crippen molar-refractivity contribution in [1.82, 2.24) is 0 Å². The van der Waals surface area contributed by atoms with E-state index in [1.165, 1.54) is 0 Å². The van der Waals surface area contributed by atoms with Crippen LogP contribution in [0.4, 0.5) is 5.69 Å². The first-order valence-corrected chi connectivity index (χ1v) is 8.24. The Morgan fingerprint density at radius 2 is 1.42 bits per heavy atom. The van der Waals surface area contributed by atoms with E-state index < -0.39 is 49.2 Å². The fraction of sp³-hybridized carbons (Fsp3) is 0.625. The molecule has 2 fully saturated rings. The second-order valence-electron chi connectivity index (χ2n) is 6.37. The van der Waals surface area contributed by atoms with Crippen LogP contribution in [0, 0.1) is 0 Å². The zero-order valence-corrected chi connectivity index (χ0v) is 13.9. The fourth-order valence-corrected chi connectivity index (χ4v) is 2.76. The molecule has 0 bridgehead atoms. The van der Waals surface area contributed by atoms with Gasteiger partial charge in [-0.15, -0.1) is 0 Å². The zero-order chi connectivity index (χ0) is 18.8. The minimum Gasteiger partial charge on any atom is -0.462 e. The van der Waals surface area contributed by atoms with Crippen LogP contribution in [0.25, 0.3) is 0 Å². The Morgan fingerprint density at radius 1 is 0.808 bits per heavy atom. The highest BCUT2D eigenvalue weighted by atomic mass is 16.7. The minimum atomic E-state index is -1.50. The van der Waals surface area contributed by atoms with Gasteiger partial charge in [0.2, 0.25) is 6.29 Å². The number of hydrogen-bond acceptors (Lipinski definition) is 9. The largest absolute Gasteiger partial charge is 0.462 e. The average molecular weight is 374 g/mol. The van der Waals surface area contributed by atoms with Crippen molar-refractivity contribution in [3.05, 3.63) is 24.3 Å². The van der Waals surface area contributed by atoms with Crippen LogP contribution in [0.2, 0.25) is 0 Å². The third-order valence-corrected chi connectivity index (χ3v) is 4.37. The Balaban J connectivity index is 1.57. The van der Waals surface area contributed by atoms with Crippen LogP contribution in [-0.2, 0) is 14.2 Å². The number of ether oxygens (including phenoxy) is 4. The van der Waals surface area contributed by atoms with Gasteiger partial charge in [-0.05, 0) is 12.1 Å². The van der Waals surface area contributed by atoms with Gasteiger partial charge in [0.15, 0.2) is 6.29 Å². The summed E-state index contributed by atoms with van der Waals surface area (Å²) in [5.41, 5.74) is 4.56. The van der Waals surface area contributed by atoms with Crippen LogP contribution in [0.5, 0.6) is 5.75 Å². The summed E-state index contributed by atoms with van der Waals surface area (Å²) in [4.78, 5) is 0. The summed E-state index contributed by atoms with van der Waals surface area (Å²) in [6.07, 6.45) is -10.4. The van der Waals surface area contributed by atoms with Gasteiger partial charge in [0.25, 0.3) is 0 Å². The standard InChI is InChI=1S/C16H23NO9/c17-7-1-3-8(4-2-7)25-15-14(22)12(20)10(6-24-15)26-16-13(21)11(19)9(18)5-23-16/h1-4,9-16,18-22H,5-6,17H2/p+1/t9-,10-,11+,12+,13-,14-,15+,16+/m1/s1. The first-order chi connectivity index (χ1) is 12.4. The van der Waals surface area contributed by atoms with Crippen molar-refractivity contribution in [1.29, 1.82) is 0 Å². The van der Waals surface area contributed by atoms with Gasteiger partial charge >= 0.3 is 0 Å². The van der Waals surface area contributed by atoms with Crippen LogP contribution in [0.1, 0.15) is 0 Å². The first kappa shape index (κ1) is 19.4. The summed E-state index contributed by atoms with van der Waals surface area (Å²) in [5, 5.41) is 49.5. The lowest BCUT2D eigenvalue weighted by atomic mass is 10.0. The molecule has 8 N–H and O–H groups in total. The van der Waals surface area contributed by atoms with Gasteiger partial charge in [-0.2, -0.15) is 0 Å². The molecule has 10 nitrogen and oxygen atoms in total. The second kappa shape index (κ2) is 8.13. The molecule has 2 aliphatic rings. The van der Waals surface area contributed by atoms with Crippen molar-refractivity contribution >= 4 is 5.69 Å². The average Bonchev–Trinajstić information content (AvgIpc) is 2.63. The lowest BCUT2D eigenvalue weighted by Gasteiger charge is -2.41. The van der Waals surface area contributed by atoms with Gasteiger partial charge < -0.3 is 50.2 Å². The SMILES string of the molecule is [NH3+]c1ccc(O[C@@H]2OC[C@@H](O[C@@H]3OC[C@@H](O)[C@H](O)[C@H]3O)[C@H](O)[C@H]2O)cc1. The van der Waals surface area contributed by atoms with Crippen LogP contribution in [0.3, 0.4) is 0 Å². The lowest BCUT2D eigenvalue weighted by molar-refractivity contribution is -0.320. The van der Waals surface area contributed by atoms with E-state index in [9.17, 15) is 25.5 Å². The molecule has 0 amide bonds. The summed E-state index contributed by atoms with van der Waals surface area (Å²) in [6.45, 7) is -0.370. The number of rotatable bonds is 4. The summed E-state index contributed by atoms with van der Waals surface area (Å²) in [7, 11) is 0. The summed E-state index contributed by atoms with van der Waals surface area (Å²) >= 11 is 0. The molecule has 146 valence electrons. The Labute approximate surface area is 149 Å². The van der Waals surface area contributed by atoms with Crippen molar-refractivity contribution in [3.8, 4) is 5.75 Å². The van der Waals surface area contributed by atoms with Crippen LogP contribution < -0.4 is 10.5 Å². The summed E-state index contributed by atoms with van der Waals surface area (Å²) in [5.74, 6) is 0.441. The maximum atomic E-state index is 10.3. The van der Waals surface area contributed by atoms with Gasteiger partial charge in [-0.25, -0.2) is 0 Å². The van der Waals surface area contributed by atoms with Crippen molar-refractivity contribution < 1.29 is 50.2 Å². The highest BCUT2D eigenvalue weighted by Crippen LogP contribution is 2.25. The van der Waals surface area contributed by atoms with Gasteiger partial charge in [0.05, 0.1) is 13.2 Å². The third-order valence-electron chi connectivity index (χ3n) is 4.37. The molecule has 2 heterocycles. The van der Waals surface area contributed by atoms with Crippen LogP contribution >= 0.6 is 0 Å². The quantitative estimate of drug-likeness (QED) is 0.319. The number of hydrogen-bond donors (Lipinski definition) is 6. The minimum absolute atomic E-state index is 0.137. The molecule has 8 atom stereocenters. The molecule has 0 unspecified atom stereocenters. The van der Waals surface area contributed by atoms with E-state index >= 15 is 0 Å². The normalized spacial score (nSPS) is 41.0. The zero-order valence-electron chi connectivity index (χ0n) is 13.9. The second-order valence-corrected chi connectivity index (χ2v) is 6.37. The number of aliphatic hydroxyl groups excluding tert-OH is 5. The fourth-order valence-electron chi connectivity index (χ4n) is 2.76. The van der Waals surface area contributed by atoms with Crippen molar-refractivity contribution in [2.45, 2.75) is 49.2 Å². The smallest absolute Gasteiger partial charge is 0.228 e. The number of aliphatic hydroxyl groups is 5. The van der Waals surface area contributed by atoms with E-state index in [0.717, 1.165) is 5.69 Å². The summed E-state index contributed by atoms with van der Waals surface area (Å²) < 4.78 is 21.5. The molecule has 2 saturated heterocycles. The summed E-state index contributed by atoms with van der Waals surface area (Å²) in [6, 6.07) is 6.78. The molecule has 3 rings (SSSR count). The molecule has 0 aliphatic carbocycles. The monoisotopic (exact) mass is 374 g/mol. The maximum absolute atomic E-state index is 10.3. The maximum Gasteiger partial charge on any atom is 0.228 e. The topological polar surface area (TPSA) is 166 Å². The molecule has 0 aromatic heterocycles. The Morgan fingerprint density at radius 3 is 2.12 bits per heavy atom. The Kier molecular flexibility index (Phi) is 6.07. The molecular weight excluding hydrogens is 350 g/mol. The van der Waals surface area contributed by atoms with Gasteiger partial charge in [0, 0.05) is 12.1 Å². The molecule has 1 aromatic rings. The third kappa shape index (κ3) is 4.14. The van der Waals surface area contributed by atoms with Gasteiger partial charge in [-0.3, -0.25) is 0 Å². The molecule has 0 radical (unpaired) electrons. The van der Waals surface area contributed by atoms with E-state index in [0.29, 0.717) is 5.75 Å². The molecule has 26 heavy (non-hydrogen) atoms. The van der Waals surface area contributed by atoms with Gasteiger partial charge in [0.1, 0.15) is 48.1 Å². The van der Waals surface area contributed by atoms with Crippen molar-refractivity contribution in [3.63, 3.8) is 0 Å². The van der Waals surface area contributed by atoms with E-state index in [2.05, 4.69) is 5.73 Å². The predicted molar refractivity (Wildman–Crippen MR) is 84.0 cm³/mol. The van der Waals surface area contributed by atoms with E-state index in [1.54, 1.807) is 24.3 Å². The Hall–Kier alpha value is -1.34. The van der Waals surface area contributed by atoms with Crippen LogP contribution in [-0.4, -0.2) is 88.0 Å². The molecule has 0 saturated carbocycles. The highest BCUT2D eigenvalue weighted by Gasteiger charge is 2.45. The van der Waals surface area contributed by atoms with E-state index in [-0.39, 0.29) is 13.2 Å². The van der Waals surface area contributed by atoms with Crippen LogP contribution in [0.15, 0.2) is 24.3 Å². The van der Waals surface area contributed by atoms with Crippen molar-refractivity contribution in [2.75, 3.05) is 13.2 Å².